The highest BCUT2D eigenvalue weighted by Crippen LogP contribution is 2.47. The second kappa shape index (κ2) is 19.2. The highest BCUT2D eigenvalue weighted by Gasteiger charge is 2.45. The Labute approximate surface area is 360 Å². The van der Waals surface area contributed by atoms with E-state index in [4.69, 9.17) is 19.0 Å². The number of aromatic amines is 1. The first kappa shape index (κ1) is 44.7. The summed E-state index contributed by atoms with van der Waals surface area (Å²) in [5.74, 6) is 0.730. The number of carbonyl (C=O) groups is 2. The van der Waals surface area contributed by atoms with Gasteiger partial charge < -0.3 is 28.6 Å². The van der Waals surface area contributed by atoms with E-state index >= 15 is 0 Å². The number of carboxylic acids is 1. The highest BCUT2D eigenvalue weighted by atomic mass is 79.9. The fourth-order valence-corrected chi connectivity index (χ4v) is 16.7. The van der Waals surface area contributed by atoms with E-state index in [1.54, 1.807) is 19.2 Å². The normalized spacial score (nSPS) is 15.6. The molecule has 5 aromatic rings. The maximum absolute atomic E-state index is 12.3. The van der Waals surface area contributed by atoms with E-state index in [0.717, 1.165) is 38.2 Å². The first-order valence-corrected chi connectivity index (χ1v) is 24.7. The number of carboxylic acid groups (broad SMARTS) is 1. The van der Waals surface area contributed by atoms with Crippen LogP contribution < -0.4 is 4.74 Å². The van der Waals surface area contributed by atoms with Crippen LogP contribution in [0.4, 0.5) is 0 Å². The quantitative estimate of drug-likeness (QED) is 0.0955. The molecule has 3 aromatic carbocycles. The van der Waals surface area contributed by atoms with Gasteiger partial charge in [-0.3, -0.25) is 0 Å². The van der Waals surface area contributed by atoms with Gasteiger partial charge in [0.2, 0.25) is 8.32 Å². The van der Waals surface area contributed by atoms with E-state index in [9.17, 15) is 9.59 Å². The molecule has 2 aliphatic rings. The summed E-state index contributed by atoms with van der Waals surface area (Å²) >= 11 is 3.71. The van der Waals surface area contributed by atoms with Crippen molar-refractivity contribution >= 4 is 58.0 Å². The second-order valence-corrected chi connectivity index (χ2v) is 24.0. The van der Waals surface area contributed by atoms with Crippen molar-refractivity contribution in [1.29, 1.82) is 0 Å². The lowest BCUT2D eigenvalue weighted by Gasteiger charge is -2.42. The maximum atomic E-state index is 12.3. The number of methoxy groups -OCH3 is 2. The molecule has 0 unspecified atom stereocenters. The van der Waals surface area contributed by atoms with Gasteiger partial charge in [-0.1, -0.05) is 92.2 Å². The lowest BCUT2D eigenvalue weighted by Crippen LogP contribution is -2.47. The number of hydrogen-bond acceptors (Lipinski definition) is 5. The first-order valence-electron chi connectivity index (χ1n) is 21.8. The summed E-state index contributed by atoms with van der Waals surface area (Å²) in [4.78, 5) is 27.2. The molecule has 0 spiro atoms. The third kappa shape index (κ3) is 9.10. The van der Waals surface area contributed by atoms with E-state index in [2.05, 4.69) is 85.2 Å². The molecule has 7 rings (SSSR count). The van der Waals surface area contributed by atoms with Crippen LogP contribution in [0.2, 0.25) is 16.6 Å². The lowest BCUT2D eigenvalue weighted by atomic mass is 9.81. The fraction of sp³-hybridized carbons (Fsp3) is 0.510. The number of aryl methyl sites for hydroxylation is 1. The summed E-state index contributed by atoms with van der Waals surface area (Å²) in [5, 5.41) is 11.5. The molecule has 0 aliphatic heterocycles. The van der Waals surface area contributed by atoms with Crippen LogP contribution >= 0.6 is 15.9 Å². The van der Waals surface area contributed by atoms with E-state index < -0.39 is 14.3 Å². The smallest absolute Gasteiger partial charge is 0.337 e. The predicted molar refractivity (Wildman–Crippen MR) is 247 cm³/mol. The van der Waals surface area contributed by atoms with Gasteiger partial charge in [-0.15, -0.1) is 0 Å². The molecule has 2 aliphatic carbocycles. The fourth-order valence-electron chi connectivity index (χ4n) is 10.6. The third-order valence-electron chi connectivity index (χ3n) is 13.5. The first-order chi connectivity index (χ1) is 28.2. The number of nitrogens with one attached hydrogen (secondary N) is 1. The minimum Gasteiger partial charge on any atom is -0.497 e. The number of nitrogens with zero attached hydrogens (tertiary/aromatic N) is 1. The number of aromatic nitrogens is 2. The lowest BCUT2D eigenvalue weighted by molar-refractivity contribution is 0.0600. The largest absolute Gasteiger partial charge is 0.497 e. The molecule has 0 saturated heterocycles. The van der Waals surface area contributed by atoms with Gasteiger partial charge in [0.05, 0.1) is 42.3 Å². The van der Waals surface area contributed by atoms with Gasteiger partial charge >= 0.3 is 11.9 Å². The molecule has 8 nitrogen and oxygen atoms in total. The Balaban J connectivity index is 0.000000244. The minimum atomic E-state index is -2.07. The topological polar surface area (TPSA) is 103 Å². The molecule has 2 fully saturated rings. The van der Waals surface area contributed by atoms with Crippen LogP contribution in [0.15, 0.2) is 59.2 Å². The molecule has 0 radical (unpaired) electrons. The van der Waals surface area contributed by atoms with Gasteiger partial charge in [0.1, 0.15) is 5.75 Å². The monoisotopic (exact) mass is 884 g/mol. The van der Waals surface area contributed by atoms with Crippen LogP contribution in [0.3, 0.4) is 0 Å². The van der Waals surface area contributed by atoms with Gasteiger partial charge in [-0.25, -0.2) is 9.59 Å². The maximum Gasteiger partial charge on any atom is 0.337 e. The summed E-state index contributed by atoms with van der Waals surface area (Å²) in [6.45, 7) is 14.5. The van der Waals surface area contributed by atoms with Crippen LogP contribution in [0.5, 0.6) is 5.75 Å². The van der Waals surface area contributed by atoms with Crippen LogP contribution in [0.25, 0.3) is 33.1 Å². The van der Waals surface area contributed by atoms with Crippen LogP contribution in [0.1, 0.15) is 155 Å². The summed E-state index contributed by atoms with van der Waals surface area (Å²) in [6, 6.07) is 17.7. The van der Waals surface area contributed by atoms with Gasteiger partial charge in [-0.05, 0) is 129 Å². The second-order valence-electron chi connectivity index (χ2n) is 17.8. The van der Waals surface area contributed by atoms with Crippen molar-refractivity contribution in [3.05, 3.63) is 87.0 Å². The summed E-state index contributed by atoms with van der Waals surface area (Å²) in [5.41, 5.74) is 10.6. The van der Waals surface area contributed by atoms with Crippen molar-refractivity contribution < 1.29 is 28.6 Å². The van der Waals surface area contributed by atoms with Crippen LogP contribution in [-0.2, 0) is 22.8 Å². The van der Waals surface area contributed by atoms with Crippen molar-refractivity contribution in [2.45, 2.75) is 141 Å². The Bertz CT molecular complexity index is 2240. The molecule has 0 amide bonds. The van der Waals surface area contributed by atoms with Crippen molar-refractivity contribution in [2.24, 2.45) is 7.05 Å². The molecule has 2 N–H and O–H groups in total. The standard InChI is InChI=1S/C33H47NO4Si.C16H18BrNO2/c1-21(2)39(22(3)4,23(5)6)38-20-26-18-27(36-7)15-17-28(26)32-31(24-12-10-9-11-13-24)29-16-14-25(33(35)37-8)19-30(29)34-32;1-18-13-9-11(16(19)20)7-8-12(13)14(15(18)17)10-5-3-2-4-6-10/h14-19,21-24,34H,9-13,20H2,1-8H3;7-10H,2-6H2,1H3,(H,19,20). The van der Waals surface area contributed by atoms with Crippen molar-refractivity contribution in [3.63, 3.8) is 0 Å². The van der Waals surface area contributed by atoms with Crippen LogP contribution in [-0.4, -0.2) is 49.1 Å². The SMILES string of the molecule is COC(=O)c1ccc2c(C3CCCCC3)c(-c3ccc(OC)cc3CO[Si](C(C)C)(C(C)C)C(C)C)[nH]c2c1.Cn1c(Br)c(C2CCCCC2)c2ccc(C(=O)O)cc21. The minimum absolute atomic E-state index is 0.317. The van der Waals surface area contributed by atoms with E-state index in [0.29, 0.717) is 46.2 Å². The highest BCUT2D eigenvalue weighted by molar-refractivity contribution is 9.10. The molecule has 2 aromatic heterocycles. The van der Waals surface area contributed by atoms with Gasteiger partial charge in [0, 0.05) is 34.4 Å². The van der Waals surface area contributed by atoms with Crippen molar-refractivity contribution in [2.75, 3.05) is 14.2 Å². The van der Waals surface area contributed by atoms with Crippen molar-refractivity contribution in [1.82, 2.24) is 9.55 Å². The number of ether oxygens (including phenoxy) is 2. The molecule has 0 bridgehead atoms. The molecule has 59 heavy (non-hydrogen) atoms. The summed E-state index contributed by atoms with van der Waals surface area (Å²) in [6.07, 6.45) is 12.6. The number of aromatic carboxylic acids is 1. The zero-order valence-corrected chi connectivity index (χ0v) is 39.3. The van der Waals surface area contributed by atoms with E-state index in [1.807, 2.05) is 31.3 Å². The van der Waals surface area contributed by atoms with Crippen molar-refractivity contribution in [3.8, 4) is 17.0 Å². The average Bonchev–Trinajstić information content (AvgIpc) is 3.74. The molecule has 10 heteroatoms. The molecular formula is C49H65BrN2O6Si. The molecule has 2 heterocycles. The van der Waals surface area contributed by atoms with Gasteiger partial charge in [0.15, 0.2) is 0 Å². The number of H-pyrrole nitrogens is 1. The van der Waals surface area contributed by atoms with Crippen LogP contribution in [0, 0.1) is 0 Å². The number of carbonyl (C=O) groups excluding carboxylic acids is 1. The molecule has 2 saturated carbocycles. The Morgan fingerprint density at radius 1 is 0.780 bits per heavy atom. The predicted octanol–water partition coefficient (Wildman–Crippen LogP) is 14.1. The number of esters is 1. The number of fused-ring (bicyclic) bond motifs is 2. The summed E-state index contributed by atoms with van der Waals surface area (Å²) in [7, 11) is 3.08. The number of benzene rings is 3. The van der Waals surface area contributed by atoms with E-state index in [-0.39, 0.29) is 5.97 Å². The zero-order chi connectivity index (χ0) is 42.6. The van der Waals surface area contributed by atoms with Gasteiger partial charge in [-0.2, -0.15) is 0 Å². The van der Waals surface area contributed by atoms with Gasteiger partial charge in [0.25, 0.3) is 0 Å². The molecular weight excluding hydrogens is 821 g/mol. The zero-order valence-electron chi connectivity index (χ0n) is 36.7. The Kier molecular flexibility index (Phi) is 14.6. The molecule has 0 atom stereocenters. The third-order valence-corrected chi connectivity index (χ3v) is 20.5. The average molecular weight is 886 g/mol. The number of halogens is 1. The Hall–Kier alpha value is -3.86. The number of hydrogen-bond donors (Lipinski definition) is 2. The Morgan fingerprint density at radius 2 is 1.36 bits per heavy atom. The summed E-state index contributed by atoms with van der Waals surface area (Å²) < 4.78 is 20.9. The number of rotatable bonds is 12. The Morgan fingerprint density at radius 3 is 1.92 bits per heavy atom. The van der Waals surface area contributed by atoms with E-state index in [1.165, 1.54) is 93.2 Å². The molecule has 318 valence electrons.